The molecule has 0 fully saturated rings. The fourth-order valence-corrected chi connectivity index (χ4v) is 5.27. The van der Waals surface area contributed by atoms with Crippen LogP contribution in [-0.4, -0.2) is 37.2 Å². The van der Waals surface area contributed by atoms with E-state index in [9.17, 15) is 13.2 Å². The van der Waals surface area contributed by atoms with Gasteiger partial charge in [0, 0.05) is 17.5 Å². The van der Waals surface area contributed by atoms with E-state index in [2.05, 4.69) is 4.98 Å². The highest BCUT2D eigenvalue weighted by Crippen LogP contribution is 2.32. The maximum atomic E-state index is 12.6. The van der Waals surface area contributed by atoms with E-state index in [1.807, 2.05) is 42.5 Å². The molecule has 28 heavy (non-hydrogen) atoms. The largest absolute Gasteiger partial charge is 0.293 e. The van der Waals surface area contributed by atoms with Crippen molar-refractivity contribution in [3.8, 4) is 0 Å². The number of carbonyl (C=O) groups is 1. The Morgan fingerprint density at radius 1 is 1.14 bits per heavy atom. The molecule has 7 heteroatoms. The van der Waals surface area contributed by atoms with Crippen molar-refractivity contribution in [3.63, 3.8) is 0 Å². The number of Topliss-reactive ketones (excluding diaryl/α,β-unsaturated/α-hetero) is 1. The van der Waals surface area contributed by atoms with Crippen molar-refractivity contribution in [2.24, 2.45) is 0 Å². The van der Waals surface area contributed by atoms with Gasteiger partial charge in [-0.25, -0.2) is 13.4 Å². The topological polar surface area (TPSA) is 67.3 Å². The van der Waals surface area contributed by atoms with E-state index >= 15 is 0 Å². The van der Waals surface area contributed by atoms with Gasteiger partial charge in [-0.1, -0.05) is 36.0 Å². The van der Waals surface area contributed by atoms with Gasteiger partial charge in [0.25, 0.3) is 0 Å². The van der Waals surface area contributed by atoms with Gasteiger partial charge in [0.2, 0.25) is 10.0 Å². The van der Waals surface area contributed by atoms with E-state index in [1.165, 1.54) is 16.1 Å². The molecule has 144 valence electrons. The quantitative estimate of drug-likeness (QED) is 0.453. The summed E-state index contributed by atoms with van der Waals surface area (Å²) < 4.78 is 25.8. The van der Waals surface area contributed by atoms with Crippen molar-refractivity contribution >= 4 is 44.2 Å². The fourth-order valence-electron chi connectivity index (χ4n) is 3.34. The predicted octanol–water partition coefficient (Wildman–Crippen LogP) is 3.92. The maximum absolute atomic E-state index is 12.6. The number of hydrogen-bond donors (Lipinski definition) is 0. The first-order valence-electron chi connectivity index (χ1n) is 9.13. The Morgan fingerprint density at radius 3 is 2.79 bits per heavy atom. The molecule has 0 radical (unpaired) electrons. The van der Waals surface area contributed by atoms with Gasteiger partial charge in [0.15, 0.2) is 5.78 Å². The van der Waals surface area contributed by atoms with E-state index < -0.39 is 10.0 Å². The predicted molar refractivity (Wildman–Crippen MR) is 114 cm³/mol. The van der Waals surface area contributed by atoms with Crippen LogP contribution in [0.3, 0.4) is 0 Å². The summed E-state index contributed by atoms with van der Waals surface area (Å²) in [4.78, 5) is 17.2. The minimum absolute atomic E-state index is 0.0135. The van der Waals surface area contributed by atoms with Crippen molar-refractivity contribution in [1.82, 2.24) is 4.98 Å². The van der Waals surface area contributed by atoms with Crippen molar-refractivity contribution in [3.05, 3.63) is 65.7 Å². The van der Waals surface area contributed by atoms with Crippen LogP contribution in [0.2, 0.25) is 0 Å². The smallest absolute Gasteiger partial charge is 0.234 e. The van der Waals surface area contributed by atoms with Gasteiger partial charge in [-0.05, 0) is 49.2 Å². The molecule has 2 heterocycles. The number of pyridine rings is 1. The third-order valence-corrected chi connectivity index (χ3v) is 7.59. The molecule has 0 unspecified atom stereocenters. The Bertz CT molecular complexity index is 1160. The first kappa shape index (κ1) is 19.0. The highest BCUT2D eigenvalue weighted by atomic mass is 32.2. The number of carbonyl (C=O) groups excluding carboxylic acids is 1. The van der Waals surface area contributed by atoms with Crippen molar-refractivity contribution in [1.29, 1.82) is 0 Å². The third-order valence-electron chi connectivity index (χ3n) is 4.88. The van der Waals surface area contributed by atoms with Gasteiger partial charge in [-0.2, -0.15) is 0 Å². The van der Waals surface area contributed by atoms with Crippen LogP contribution < -0.4 is 4.31 Å². The summed E-state index contributed by atoms with van der Waals surface area (Å²) in [5, 5.41) is 1.89. The van der Waals surface area contributed by atoms with Crippen LogP contribution in [0.1, 0.15) is 22.8 Å². The number of sulfonamides is 1. The van der Waals surface area contributed by atoms with Crippen molar-refractivity contribution < 1.29 is 13.2 Å². The van der Waals surface area contributed by atoms with Crippen LogP contribution in [0.5, 0.6) is 0 Å². The van der Waals surface area contributed by atoms with Crippen LogP contribution in [0, 0.1) is 0 Å². The molecule has 0 amide bonds. The number of aromatic nitrogens is 1. The molecule has 2 aromatic carbocycles. The zero-order valence-corrected chi connectivity index (χ0v) is 17.1. The molecular formula is C21H20N2O3S2. The summed E-state index contributed by atoms with van der Waals surface area (Å²) in [6.07, 6.45) is 0.634. The Hall–Kier alpha value is -2.38. The number of fused-ring (bicyclic) bond motifs is 2. The Labute approximate surface area is 168 Å². The van der Waals surface area contributed by atoms with E-state index in [0.717, 1.165) is 21.5 Å². The maximum Gasteiger partial charge on any atom is 0.234 e. The Morgan fingerprint density at radius 2 is 1.96 bits per heavy atom. The highest BCUT2D eigenvalue weighted by molar-refractivity contribution is 7.99. The minimum atomic E-state index is -3.27. The first-order chi connectivity index (χ1) is 13.5. The number of thioether (sulfide) groups is 1. The summed E-state index contributed by atoms with van der Waals surface area (Å²) in [5.41, 5.74) is 3.14. The second kappa shape index (κ2) is 7.56. The average Bonchev–Trinajstić information content (AvgIpc) is 3.16. The van der Waals surface area contributed by atoms with Gasteiger partial charge >= 0.3 is 0 Å². The molecule has 0 bridgehead atoms. The number of para-hydroxylation sites is 1. The number of anilines is 1. The second-order valence-corrected chi connectivity index (χ2v) is 9.80. The van der Waals surface area contributed by atoms with Crippen LogP contribution >= 0.6 is 11.8 Å². The van der Waals surface area contributed by atoms with E-state index in [-0.39, 0.29) is 11.5 Å². The molecule has 5 nitrogen and oxygen atoms in total. The molecule has 0 N–H and O–H groups in total. The lowest BCUT2D eigenvalue weighted by Crippen LogP contribution is -2.30. The molecule has 1 aromatic heterocycles. The molecule has 1 aliphatic rings. The summed E-state index contributed by atoms with van der Waals surface area (Å²) in [7, 11) is -3.27. The third kappa shape index (κ3) is 3.64. The number of ketones is 1. The molecule has 0 saturated carbocycles. The monoisotopic (exact) mass is 412 g/mol. The molecule has 1 aliphatic heterocycles. The summed E-state index contributed by atoms with van der Waals surface area (Å²) in [6.45, 7) is 2.09. The van der Waals surface area contributed by atoms with Gasteiger partial charge in [0.05, 0.1) is 27.7 Å². The minimum Gasteiger partial charge on any atom is -0.293 e. The fraction of sp³-hybridized carbons (Fsp3) is 0.238. The number of benzene rings is 2. The second-order valence-electron chi connectivity index (χ2n) is 6.62. The Kier molecular flexibility index (Phi) is 5.12. The van der Waals surface area contributed by atoms with Crippen LogP contribution in [0.15, 0.2) is 59.6 Å². The van der Waals surface area contributed by atoms with Crippen LogP contribution in [-0.2, 0) is 16.4 Å². The van der Waals surface area contributed by atoms with Crippen LogP contribution in [0.4, 0.5) is 5.69 Å². The zero-order valence-electron chi connectivity index (χ0n) is 15.5. The molecule has 0 saturated heterocycles. The molecule has 4 rings (SSSR count). The Balaban J connectivity index is 1.48. The van der Waals surface area contributed by atoms with Gasteiger partial charge in [-0.15, -0.1) is 0 Å². The number of rotatable bonds is 6. The average molecular weight is 413 g/mol. The molecule has 0 spiro atoms. The van der Waals surface area contributed by atoms with Gasteiger partial charge in [0.1, 0.15) is 0 Å². The molecule has 3 aromatic rings. The first-order valence-corrected chi connectivity index (χ1v) is 11.7. The van der Waals surface area contributed by atoms with Crippen LogP contribution in [0.25, 0.3) is 10.9 Å². The number of hydrogen-bond acceptors (Lipinski definition) is 5. The lowest BCUT2D eigenvalue weighted by molar-refractivity contribution is 0.102. The highest BCUT2D eigenvalue weighted by Gasteiger charge is 2.28. The summed E-state index contributed by atoms with van der Waals surface area (Å²) >= 11 is 1.41. The van der Waals surface area contributed by atoms with Gasteiger partial charge < -0.3 is 0 Å². The molecule has 0 aliphatic carbocycles. The summed E-state index contributed by atoms with van der Waals surface area (Å²) in [5.74, 6) is 0.378. The lowest BCUT2D eigenvalue weighted by atomic mass is 10.1. The summed E-state index contributed by atoms with van der Waals surface area (Å²) in [6, 6.07) is 17.1. The molecule has 0 atom stereocenters. The normalized spacial score (nSPS) is 13.7. The SMILES string of the molecule is CCS(=O)(=O)N1CCc2cc(C(=O)CSc3ccc4ccccc4n3)ccc21. The van der Waals surface area contributed by atoms with Gasteiger partial charge in [-0.3, -0.25) is 9.10 Å². The standard InChI is InChI=1S/C21H20N2O3S2/c1-2-28(25,26)23-12-11-16-13-17(7-9-19(16)23)20(24)14-27-21-10-8-15-5-3-4-6-18(15)22-21/h3-10,13H,2,11-12,14H2,1H3. The lowest BCUT2D eigenvalue weighted by Gasteiger charge is -2.18. The molecular weight excluding hydrogens is 392 g/mol. The number of nitrogens with zero attached hydrogens (tertiary/aromatic N) is 2. The van der Waals surface area contributed by atoms with Crippen molar-refractivity contribution in [2.75, 3.05) is 22.4 Å². The van der Waals surface area contributed by atoms with E-state index in [4.69, 9.17) is 0 Å². The zero-order chi connectivity index (χ0) is 19.7. The van der Waals surface area contributed by atoms with Crippen molar-refractivity contribution in [2.45, 2.75) is 18.4 Å². The van der Waals surface area contributed by atoms with E-state index in [1.54, 1.807) is 19.1 Å². The van der Waals surface area contributed by atoms with E-state index in [0.29, 0.717) is 30.0 Å².